The molecule has 0 spiro atoms. The Hall–Kier alpha value is -0.610. The van der Waals surface area contributed by atoms with Crippen LogP contribution in [0.5, 0.6) is 0 Å². The minimum Gasteiger partial charge on any atom is -0.345 e. The third-order valence-electron chi connectivity index (χ3n) is 3.60. The van der Waals surface area contributed by atoms with Gasteiger partial charge in [-0.1, -0.05) is 13.3 Å². The minimum absolute atomic E-state index is 0.273. The number of carbonyl (C=O) groups excluding carboxylic acids is 1. The Morgan fingerprint density at radius 2 is 1.94 bits per heavy atom. The van der Waals surface area contributed by atoms with Crippen molar-refractivity contribution in [3.05, 3.63) is 0 Å². The van der Waals surface area contributed by atoms with Crippen molar-refractivity contribution >= 4 is 5.91 Å². The van der Waals surface area contributed by atoms with Crippen LogP contribution in [-0.2, 0) is 4.79 Å². The van der Waals surface area contributed by atoms with Crippen LogP contribution < -0.4 is 5.32 Å². The molecule has 106 valence electrons. The molecule has 1 heterocycles. The molecule has 0 aromatic heterocycles. The van der Waals surface area contributed by atoms with E-state index in [2.05, 4.69) is 31.0 Å². The minimum atomic E-state index is -0.278. The normalized spacial score (nSPS) is 17.8. The first-order valence-corrected chi connectivity index (χ1v) is 7.16. The van der Waals surface area contributed by atoms with E-state index in [1.165, 1.54) is 0 Å². The van der Waals surface area contributed by atoms with Crippen molar-refractivity contribution < 1.29 is 4.79 Å². The van der Waals surface area contributed by atoms with E-state index in [0.717, 1.165) is 52.1 Å². The fourth-order valence-electron chi connectivity index (χ4n) is 2.51. The van der Waals surface area contributed by atoms with Crippen molar-refractivity contribution in [2.45, 2.75) is 33.6 Å². The first-order valence-electron chi connectivity index (χ1n) is 7.16. The van der Waals surface area contributed by atoms with Crippen molar-refractivity contribution in [2.75, 3.05) is 46.3 Å². The number of nitrogens with zero attached hydrogens (tertiary/aromatic N) is 2. The standard InChI is InChI=1S/C14H29N3O/c1-5-6-9-16(4)13(18)14(2,3)12-17-10-7-15-8-11-17/h15H,5-12H2,1-4H3. The fourth-order valence-corrected chi connectivity index (χ4v) is 2.51. The van der Waals surface area contributed by atoms with Gasteiger partial charge in [-0.3, -0.25) is 9.69 Å². The summed E-state index contributed by atoms with van der Waals surface area (Å²) >= 11 is 0. The van der Waals surface area contributed by atoms with Crippen LogP contribution in [0.25, 0.3) is 0 Å². The number of unbranched alkanes of at least 4 members (excludes halogenated alkanes) is 1. The van der Waals surface area contributed by atoms with E-state index in [-0.39, 0.29) is 11.3 Å². The van der Waals surface area contributed by atoms with Gasteiger partial charge in [-0.15, -0.1) is 0 Å². The molecule has 1 amide bonds. The Labute approximate surface area is 112 Å². The van der Waals surface area contributed by atoms with Gasteiger partial charge in [0.05, 0.1) is 5.41 Å². The lowest BCUT2D eigenvalue weighted by Gasteiger charge is -2.36. The second kappa shape index (κ2) is 7.10. The number of carbonyl (C=O) groups is 1. The molecule has 0 bridgehead atoms. The summed E-state index contributed by atoms with van der Waals surface area (Å²) in [5, 5.41) is 3.34. The molecule has 1 aliphatic heterocycles. The SMILES string of the molecule is CCCCN(C)C(=O)C(C)(C)CN1CCNCC1. The molecular weight excluding hydrogens is 226 g/mol. The van der Waals surface area contributed by atoms with E-state index in [1.54, 1.807) is 0 Å². The Kier molecular flexibility index (Phi) is 6.09. The molecule has 1 fully saturated rings. The van der Waals surface area contributed by atoms with Crippen LogP contribution in [-0.4, -0.2) is 62.0 Å². The zero-order chi connectivity index (χ0) is 13.6. The smallest absolute Gasteiger partial charge is 0.229 e. The van der Waals surface area contributed by atoms with E-state index in [9.17, 15) is 4.79 Å². The predicted octanol–water partition coefficient (Wildman–Crippen LogP) is 1.18. The van der Waals surface area contributed by atoms with Crippen molar-refractivity contribution in [3.63, 3.8) is 0 Å². The number of piperazine rings is 1. The van der Waals surface area contributed by atoms with Crippen LogP contribution in [0, 0.1) is 5.41 Å². The van der Waals surface area contributed by atoms with Gasteiger partial charge in [-0.05, 0) is 20.3 Å². The second-order valence-corrected chi connectivity index (χ2v) is 5.99. The van der Waals surface area contributed by atoms with Gasteiger partial charge >= 0.3 is 0 Å². The number of hydrogen-bond acceptors (Lipinski definition) is 3. The molecule has 1 rings (SSSR count). The molecule has 4 nitrogen and oxygen atoms in total. The zero-order valence-electron chi connectivity index (χ0n) is 12.5. The third kappa shape index (κ3) is 4.58. The van der Waals surface area contributed by atoms with Gasteiger partial charge in [-0.2, -0.15) is 0 Å². The Balaban J connectivity index is 2.47. The number of rotatable bonds is 6. The van der Waals surface area contributed by atoms with Crippen LogP contribution in [0.2, 0.25) is 0 Å². The molecule has 0 aromatic rings. The number of hydrogen-bond donors (Lipinski definition) is 1. The van der Waals surface area contributed by atoms with Crippen LogP contribution in [0.1, 0.15) is 33.6 Å². The maximum absolute atomic E-state index is 12.4. The third-order valence-corrected chi connectivity index (χ3v) is 3.60. The molecule has 18 heavy (non-hydrogen) atoms. The van der Waals surface area contributed by atoms with Gasteiger partial charge in [-0.25, -0.2) is 0 Å². The maximum Gasteiger partial charge on any atom is 0.229 e. The van der Waals surface area contributed by atoms with Crippen molar-refractivity contribution in [1.82, 2.24) is 15.1 Å². The fraction of sp³-hybridized carbons (Fsp3) is 0.929. The second-order valence-electron chi connectivity index (χ2n) is 5.99. The average molecular weight is 255 g/mol. The average Bonchev–Trinajstić information content (AvgIpc) is 2.35. The lowest BCUT2D eigenvalue weighted by Crippen LogP contribution is -2.51. The van der Waals surface area contributed by atoms with Crippen molar-refractivity contribution in [1.29, 1.82) is 0 Å². The molecule has 1 aliphatic rings. The van der Waals surface area contributed by atoms with Crippen molar-refractivity contribution in [2.24, 2.45) is 5.41 Å². The van der Waals surface area contributed by atoms with E-state index in [0.29, 0.717) is 0 Å². The molecule has 0 saturated carbocycles. The highest BCUT2D eigenvalue weighted by Crippen LogP contribution is 2.20. The van der Waals surface area contributed by atoms with Gasteiger partial charge in [0.2, 0.25) is 5.91 Å². The quantitative estimate of drug-likeness (QED) is 0.774. The lowest BCUT2D eigenvalue weighted by atomic mass is 9.90. The van der Waals surface area contributed by atoms with Crippen LogP contribution in [0.15, 0.2) is 0 Å². The summed E-state index contributed by atoms with van der Waals surface area (Å²) in [6, 6.07) is 0. The Morgan fingerprint density at radius 3 is 2.50 bits per heavy atom. The summed E-state index contributed by atoms with van der Waals surface area (Å²) in [5.41, 5.74) is -0.278. The Bertz CT molecular complexity index is 260. The maximum atomic E-state index is 12.4. The van der Waals surface area contributed by atoms with E-state index in [4.69, 9.17) is 0 Å². The van der Waals surface area contributed by atoms with E-state index >= 15 is 0 Å². The van der Waals surface area contributed by atoms with E-state index < -0.39 is 0 Å². The molecule has 4 heteroatoms. The molecule has 0 unspecified atom stereocenters. The molecule has 1 saturated heterocycles. The lowest BCUT2D eigenvalue weighted by molar-refractivity contribution is -0.140. The van der Waals surface area contributed by atoms with Crippen molar-refractivity contribution in [3.8, 4) is 0 Å². The Morgan fingerprint density at radius 1 is 1.33 bits per heavy atom. The molecular formula is C14H29N3O. The topological polar surface area (TPSA) is 35.6 Å². The largest absolute Gasteiger partial charge is 0.345 e. The summed E-state index contributed by atoms with van der Waals surface area (Å²) in [4.78, 5) is 16.7. The highest BCUT2D eigenvalue weighted by molar-refractivity contribution is 5.82. The first-order chi connectivity index (χ1) is 8.47. The molecule has 0 radical (unpaired) electrons. The monoisotopic (exact) mass is 255 g/mol. The highest BCUT2D eigenvalue weighted by atomic mass is 16.2. The van der Waals surface area contributed by atoms with E-state index in [1.807, 2.05) is 11.9 Å². The molecule has 0 aliphatic carbocycles. The van der Waals surface area contributed by atoms with Gasteiger partial charge in [0.1, 0.15) is 0 Å². The summed E-state index contributed by atoms with van der Waals surface area (Å²) in [6.45, 7) is 12.2. The summed E-state index contributed by atoms with van der Waals surface area (Å²) < 4.78 is 0. The molecule has 0 atom stereocenters. The first kappa shape index (κ1) is 15.4. The summed E-state index contributed by atoms with van der Waals surface area (Å²) in [6.07, 6.45) is 2.22. The van der Waals surface area contributed by atoms with Gasteiger partial charge in [0, 0.05) is 46.3 Å². The predicted molar refractivity (Wildman–Crippen MR) is 75.6 cm³/mol. The number of amides is 1. The molecule has 0 aromatic carbocycles. The zero-order valence-corrected chi connectivity index (χ0v) is 12.5. The van der Waals surface area contributed by atoms with Crippen LogP contribution >= 0.6 is 0 Å². The molecule has 1 N–H and O–H groups in total. The van der Waals surface area contributed by atoms with Gasteiger partial charge < -0.3 is 10.2 Å². The van der Waals surface area contributed by atoms with Gasteiger partial charge in [0.25, 0.3) is 0 Å². The van der Waals surface area contributed by atoms with Crippen LogP contribution in [0.3, 0.4) is 0 Å². The summed E-state index contributed by atoms with van der Waals surface area (Å²) in [7, 11) is 1.93. The number of nitrogens with one attached hydrogen (secondary N) is 1. The summed E-state index contributed by atoms with van der Waals surface area (Å²) in [5.74, 6) is 0.273. The van der Waals surface area contributed by atoms with Crippen LogP contribution in [0.4, 0.5) is 0 Å². The van der Waals surface area contributed by atoms with Gasteiger partial charge in [0.15, 0.2) is 0 Å². The highest BCUT2D eigenvalue weighted by Gasteiger charge is 2.32.